The van der Waals surface area contributed by atoms with E-state index in [1.807, 2.05) is 0 Å². The summed E-state index contributed by atoms with van der Waals surface area (Å²) < 4.78 is 0. The van der Waals surface area contributed by atoms with E-state index in [1.165, 1.54) is 54.0 Å². The van der Waals surface area contributed by atoms with Gasteiger partial charge in [0.05, 0.1) is 0 Å². The lowest BCUT2D eigenvalue weighted by molar-refractivity contribution is 0.122. The second-order valence-electron chi connectivity index (χ2n) is 7.15. The molecule has 1 fully saturated rings. The molecule has 128 valence electrons. The van der Waals surface area contributed by atoms with Gasteiger partial charge in [-0.15, -0.1) is 0 Å². The molecule has 0 amide bonds. The third-order valence-electron chi connectivity index (χ3n) is 5.19. The minimum atomic E-state index is 1.08. The zero-order valence-corrected chi connectivity index (χ0v) is 15.4. The minimum absolute atomic E-state index is 1.08. The van der Waals surface area contributed by atoms with Crippen molar-refractivity contribution in [1.82, 2.24) is 9.80 Å². The Bertz CT molecular complexity index is 652. The first-order valence-corrected chi connectivity index (χ1v) is 9.22. The molecule has 0 bridgehead atoms. The van der Waals surface area contributed by atoms with Crippen LogP contribution in [0.25, 0.3) is 0 Å². The van der Waals surface area contributed by atoms with E-state index in [9.17, 15) is 0 Å². The van der Waals surface area contributed by atoms with Gasteiger partial charge in [-0.25, -0.2) is 0 Å². The predicted molar refractivity (Wildman–Crippen MR) is 102 cm³/mol. The summed E-state index contributed by atoms with van der Waals surface area (Å²) in [6.45, 7) is 13.5. The van der Waals surface area contributed by atoms with Crippen LogP contribution in [0.3, 0.4) is 0 Å². The van der Waals surface area contributed by atoms with Gasteiger partial charge in [-0.1, -0.05) is 55.0 Å². The van der Waals surface area contributed by atoms with Crippen molar-refractivity contribution in [3.63, 3.8) is 0 Å². The highest BCUT2D eigenvalue weighted by Crippen LogP contribution is 2.16. The van der Waals surface area contributed by atoms with E-state index in [0.29, 0.717) is 0 Å². The SMILES string of the molecule is CCc1ccc(CN2CCN(Cc3ccc(C)cc3C)CC2)cc1. The lowest BCUT2D eigenvalue weighted by atomic mass is 10.0. The summed E-state index contributed by atoms with van der Waals surface area (Å²) >= 11 is 0. The van der Waals surface area contributed by atoms with E-state index in [2.05, 4.69) is 73.0 Å². The fraction of sp³-hybridized carbons (Fsp3) is 0.455. The van der Waals surface area contributed by atoms with Gasteiger partial charge in [-0.3, -0.25) is 9.80 Å². The van der Waals surface area contributed by atoms with Crippen LogP contribution >= 0.6 is 0 Å². The fourth-order valence-corrected chi connectivity index (χ4v) is 3.51. The molecule has 24 heavy (non-hydrogen) atoms. The molecule has 0 unspecified atom stereocenters. The van der Waals surface area contributed by atoms with Crippen molar-refractivity contribution < 1.29 is 0 Å². The molecule has 1 saturated heterocycles. The van der Waals surface area contributed by atoms with Crippen LogP contribution in [0, 0.1) is 13.8 Å². The quantitative estimate of drug-likeness (QED) is 0.814. The highest BCUT2D eigenvalue weighted by atomic mass is 15.3. The molecular weight excluding hydrogens is 292 g/mol. The Morgan fingerprint density at radius 2 is 1.33 bits per heavy atom. The highest BCUT2D eigenvalue weighted by Gasteiger charge is 2.17. The molecule has 0 atom stereocenters. The van der Waals surface area contributed by atoms with Gasteiger partial charge in [0.25, 0.3) is 0 Å². The summed E-state index contributed by atoms with van der Waals surface area (Å²) in [4.78, 5) is 5.17. The Hall–Kier alpha value is -1.64. The average molecular weight is 322 g/mol. The van der Waals surface area contributed by atoms with Crippen molar-refractivity contribution in [2.45, 2.75) is 40.3 Å². The van der Waals surface area contributed by atoms with E-state index in [0.717, 1.165) is 19.5 Å². The van der Waals surface area contributed by atoms with Crippen LogP contribution in [0.5, 0.6) is 0 Å². The molecule has 0 aliphatic carbocycles. The van der Waals surface area contributed by atoms with Crippen LogP contribution < -0.4 is 0 Å². The molecule has 0 N–H and O–H groups in total. The molecule has 0 saturated carbocycles. The van der Waals surface area contributed by atoms with Gasteiger partial charge in [0, 0.05) is 39.3 Å². The number of nitrogens with zero attached hydrogens (tertiary/aromatic N) is 2. The van der Waals surface area contributed by atoms with E-state index < -0.39 is 0 Å². The van der Waals surface area contributed by atoms with Crippen molar-refractivity contribution in [3.8, 4) is 0 Å². The second-order valence-corrected chi connectivity index (χ2v) is 7.15. The smallest absolute Gasteiger partial charge is 0.0237 e. The van der Waals surface area contributed by atoms with Crippen LogP contribution in [0.4, 0.5) is 0 Å². The van der Waals surface area contributed by atoms with E-state index in [1.54, 1.807) is 0 Å². The maximum absolute atomic E-state index is 2.59. The maximum atomic E-state index is 2.59. The Kier molecular flexibility index (Phi) is 5.70. The van der Waals surface area contributed by atoms with E-state index in [4.69, 9.17) is 0 Å². The van der Waals surface area contributed by atoms with Gasteiger partial charge in [0.2, 0.25) is 0 Å². The standard InChI is InChI=1S/C22H30N2/c1-4-20-6-8-21(9-7-20)16-23-11-13-24(14-12-23)17-22-10-5-18(2)15-19(22)3/h5-10,15H,4,11-14,16-17H2,1-3H3. The summed E-state index contributed by atoms with van der Waals surface area (Å²) in [7, 11) is 0. The van der Waals surface area contributed by atoms with Gasteiger partial charge < -0.3 is 0 Å². The summed E-state index contributed by atoms with van der Waals surface area (Å²) in [5.41, 5.74) is 7.12. The average Bonchev–Trinajstić information content (AvgIpc) is 2.60. The lowest BCUT2D eigenvalue weighted by Crippen LogP contribution is -2.45. The van der Waals surface area contributed by atoms with Gasteiger partial charge in [0.1, 0.15) is 0 Å². The first kappa shape index (κ1) is 17.2. The minimum Gasteiger partial charge on any atom is -0.297 e. The highest BCUT2D eigenvalue weighted by molar-refractivity contribution is 5.30. The molecule has 1 aliphatic rings. The molecular formula is C22H30N2. The van der Waals surface area contributed by atoms with Crippen molar-refractivity contribution in [1.29, 1.82) is 0 Å². The van der Waals surface area contributed by atoms with Crippen LogP contribution in [0.1, 0.15) is 34.7 Å². The van der Waals surface area contributed by atoms with Crippen LogP contribution in [0.15, 0.2) is 42.5 Å². The summed E-state index contributed by atoms with van der Waals surface area (Å²) in [5.74, 6) is 0. The third-order valence-corrected chi connectivity index (χ3v) is 5.19. The summed E-state index contributed by atoms with van der Waals surface area (Å²) in [5, 5.41) is 0. The molecule has 0 aromatic heterocycles. The predicted octanol–water partition coefficient (Wildman–Crippen LogP) is 4.18. The number of hydrogen-bond donors (Lipinski definition) is 0. The van der Waals surface area contributed by atoms with E-state index >= 15 is 0 Å². The van der Waals surface area contributed by atoms with Crippen LogP contribution in [-0.2, 0) is 19.5 Å². The molecule has 1 aliphatic heterocycles. The molecule has 0 radical (unpaired) electrons. The lowest BCUT2D eigenvalue weighted by Gasteiger charge is -2.35. The largest absolute Gasteiger partial charge is 0.297 e. The Morgan fingerprint density at radius 3 is 1.92 bits per heavy atom. The van der Waals surface area contributed by atoms with E-state index in [-0.39, 0.29) is 0 Å². The molecule has 1 heterocycles. The Morgan fingerprint density at radius 1 is 0.750 bits per heavy atom. The third kappa shape index (κ3) is 4.46. The number of rotatable bonds is 5. The number of hydrogen-bond acceptors (Lipinski definition) is 2. The molecule has 0 spiro atoms. The van der Waals surface area contributed by atoms with Gasteiger partial charge in [-0.05, 0) is 42.5 Å². The van der Waals surface area contributed by atoms with Gasteiger partial charge in [0.15, 0.2) is 0 Å². The van der Waals surface area contributed by atoms with Crippen molar-refractivity contribution in [3.05, 3.63) is 70.3 Å². The van der Waals surface area contributed by atoms with Gasteiger partial charge >= 0.3 is 0 Å². The topological polar surface area (TPSA) is 6.48 Å². The summed E-state index contributed by atoms with van der Waals surface area (Å²) in [6, 6.07) is 16.0. The van der Waals surface area contributed by atoms with Crippen LogP contribution in [0.2, 0.25) is 0 Å². The molecule has 2 nitrogen and oxygen atoms in total. The number of benzene rings is 2. The normalized spacial score (nSPS) is 16.5. The first-order chi connectivity index (χ1) is 11.6. The van der Waals surface area contributed by atoms with Gasteiger partial charge in [-0.2, -0.15) is 0 Å². The monoisotopic (exact) mass is 322 g/mol. The number of aryl methyl sites for hydroxylation is 3. The zero-order chi connectivity index (χ0) is 16.9. The zero-order valence-electron chi connectivity index (χ0n) is 15.4. The Labute approximate surface area is 147 Å². The maximum Gasteiger partial charge on any atom is 0.0237 e. The fourth-order valence-electron chi connectivity index (χ4n) is 3.51. The first-order valence-electron chi connectivity index (χ1n) is 9.22. The summed E-state index contributed by atoms with van der Waals surface area (Å²) in [6.07, 6.45) is 1.12. The molecule has 3 rings (SSSR count). The number of piperazine rings is 1. The molecule has 2 heteroatoms. The second kappa shape index (κ2) is 7.96. The van der Waals surface area contributed by atoms with Crippen LogP contribution in [-0.4, -0.2) is 36.0 Å². The molecule has 2 aromatic rings. The van der Waals surface area contributed by atoms with Crippen molar-refractivity contribution >= 4 is 0 Å². The van der Waals surface area contributed by atoms with Crippen molar-refractivity contribution in [2.24, 2.45) is 0 Å². The van der Waals surface area contributed by atoms with Crippen molar-refractivity contribution in [2.75, 3.05) is 26.2 Å². The molecule has 2 aromatic carbocycles. The Balaban J connectivity index is 1.50.